The molecule has 1 aromatic carbocycles. The van der Waals surface area contributed by atoms with E-state index in [-0.39, 0.29) is 22.0 Å². The Kier molecular flexibility index (Phi) is 7.56. The van der Waals surface area contributed by atoms with Gasteiger partial charge in [-0.05, 0) is 51.3 Å². The van der Waals surface area contributed by atoms with E-state index >= 15 is 0 Å². The maximum absolute atomic E-state index is 12.6. The van der Waals surface area contributed by atoms with E-state index in [0.717, 1.165) is 22.5 Å². The summed E-state index contributed by atoms with van der Waals surface area (Å²) in [7, 11) is 0. The van der Waals surface area contributed by atoms with Crippen LogP contribution in [0.5, 0.6) is 0 Å². The molecule has 0 radical (unpaired) electrons. The number of hydrogen-bond donors (Lipinski definition) is 2. The number of amides is 2. The van der Waals surface area contributed by atoms with E-state index < -0.39 is 35.8 Å². The zero-order valence-electron chi connectivity index (χ0n) is 18.2. The molecule has 0 aliphatic heterocycles. The lowest BCUT2D eigenvalue weighted by atomic mass is 9.82. The normalized spacial score (nSPS) is 11.0. The summed E-state index contributed by atoms with van der Waals surface area (Å²) in [5.74, 6) is -2.63. The molecule has 0 saturated heterocycles. The van der Waals surface area contributed by atoms with Crippen LogP contribution in [0.1, 0.15) is 57.5 Å². The number of carbonyl (C=O) groups excluding carboxylic acids is 4. The maximum Gasteiger partial charge on any atom is 0.341 e. The van der Waals surface area contributed by atoms with E-state index in [1.165, 1.54) is 0 Å². The first-order chi connectivity index (χ1) is 14.5. The summed E-state index contributed by atoms with van der Waals surface area (Å²) in [6, 6.07) is 7.43. The quantitative estimate of drug-likeness (QED) is 0.600. The number of nitrogens with two attached hydrogens (primary N) is 1. The Labute approximate surface area is 184 Å². The van der Waals surface area contributed by atoms with E-state index in [9.17, 15) is 19.2 Å². The van der Waals surface area contributed by atoms with Crippen LogP contribution < -0.4 is 11.1 Å². The molecule has 2 amide bonds. The van der Waals surface area contributed by atoms with Crippen molar-refractivity contribution in [2.24, 2.45) is 5.73 Å². The molecule has 2 rings (SSSR count). The van der Waals surface area contributed by atoms with Crippen molar-refractivity contribution in [1.29, 1.82) is 0 Å². The van der Waals surface area contributed by atoms with E-state index in [0.29, 0.717) is 5.56 Å². The van der Waals surface area contributed by atoms with Crippen LogP contribution in [0.4, 0.5) is 5.00 Å². The standard InChI is InChI=1S/C22H26N2O6S/c1-6-29-20(27)16-13(3)17(18(23)26)31-19(16)24-15(25)11-30-21(28)22(4,5)14-10-8-7-9-12(14)2/h7-10H,6,11H2,1-5H3,(H2,23,26)(H,24,25). The molecule has 1 heterocycles. The van der Waals surface area contributed by atoms with Gasteiger partial charge in [0.25, 0.3) is 11.8 Å². The molecule has 1 aromatic heterocycles. The van der Waals surface area contributed by atoms with Crippen molar-refractivity contribution in [3.63, 3.8) is 0 Å². The monoisotopic (exact) mass is 446 g/mol. The molecule has 0 aliphatic rings. The molecule has 8 nitrogen and oxygen atoms in total. The van der Waals surface area contributed by atoms with Crippen molar-refractivity contribution >= 4 is 40.1 Å². The summed E-state index contributed by atoms with van der Waals surface area (Å²) in [5.41, 5.74) is 6.50. The fourth-order valence-corrected chi connectivity index (χ4v) is 4.21. The molecule has 0 spiro atoms. The maximum atomic E-state index is 12.6. The van der Waals surface area contributed by atoms with E-state index in [1.807, 2.05) is 31.2 Å². The van der Waals surface area contributed by atoms with Crippen molar-refractivity contribution in [2.45, 2.75) is 40.0 Å². The van der Waals surface area contributed by atoms with Gasteiger partial charge in [0.15, 0.2) is 6.61 Å². The summed E-state index contributed by atoms with van der Waals surface area (Å²) >= 11 is 0.868. The van der Waals surface area contributed by atoms with Gasteiger partial charge in [0, 0.05) is 0 Å². The Bertz CT molecular complexity index is 1030. The van der Waals surface area contributed by atoms with E-state index in [1.54, 1.807) is 27.7 Å². The van der Waals surface area contributed by atoms with Gasteiger partial charge in [0.2, 0.25) is 0 Å². The topological polar surface area (TPSA) is 125 Å². The predicted molar refractivity (Wildman–Crippen MR) is 117 cm³/mol. The summed E-state index contributed by atoms with van der Waals surface area (Å²) in [4.78, 5) is 49.1. The Morgan fingerprint density at radius 3 is 2.32 bits per heavy atom. The molecule has 0 aliphatic carbocycles. The third-order valence-electron chi connectivity index (χ3n) is 4.77. The van der Waals surface area contributed by atoms with Crippen LogP contribution in [0.25, 0.3) is 0 Å². The molecule has 31 heavy (non-hydrogen) atoms. The minimum Gasteiger partial charge on any atom is -0.462 e. The molecular formula is C22H26N2O6S. The zero-order valence-corrected chi connectivity index (χ0v) is 19.0. The zero-order chi connectivity index (χ0) is 23.3. The first-order valence-electron chi connectivity index (χ1n) is 9.64. The van der Waals surface area contributed by atoms with Gasteiger partial charge >= 0.3 is 11.9 Å². The lowest BCUT2D eigenvalue weighted by Gasteiger charge is -2.24. The van der Waals surface area contributed by atoms with Gasteiger partial charge in [-0.3, -0.25) is 14.4 Å². The van der Waals surface area contributed by atoms with Crippen LogP contribution in [0.3, 0.4) is 0 Å². The smallest absolute Gasteiger partial charge is 0.341 e. The number of primary amides is 1. The van der Waals surface area contributed by atoms with E-state index in [2.05, 4.69) is 5.32 Å². The summed E-state index contributed by atoms with van der Waals surface area (Å²) < 4.78 is 10.2. The second kappa shape index (κ2) is 9.74. The number of benzene rings is 1. The largest absolute Gasteiger partial charge is 0.462 e. The number of aryl methyl sites for hydroxylation is 1. The van der Waals surface area contributed by atoms with Crippen molar-refractivity contribution in [1.82, 2.24) is 0 Å². The molecule has 2 aromatic rings. The Morgan fingerprint density at radius 2 is 1.74 bits per heavy atom. The van der Waals surface area contributed by atoms with Gasteiger partial charge in [0.1, 0.15) is 5.00 Å². The van der Waals surface area contributed by atoms with Gasteiger partial charge in [-0.1, -0.05) is 24.3 Å². The van der Waals surface area contributed by atoms with Gasteiger partial charge < -0.3 is 20.5 Å². The SMILES string of the molecule is CCOC(=O)c1c(NC(=O)COC(=O)C(C)(C)c2ccccc2C)sc(C(N)=O)c1C. The van der Waals surface area contributed by atoms with Gasteiger partial charge in [-0.15, -0.1) is 11.3 Å². The van der Waals surface area contributed by atoms with Gasteiger partial charge in [-0.2, -0.15) is 0 Å². The van der Waals surface area contributed by atoms with Crippen molar-refractivity contribution < 1.29 is 28.7 Å². The number of hydrogen-bond acceptors (Lipinski definition) is 7. The fraction of sp³-hybridized carbons (Fsp3) is 0.364. The Hall–Kier alpha value is -3.20. The second-order valence-electron chi connectivity index (χ2n) is 7.41. The molecule has 0 bridgehead atoms. The molecule has 166 valence electrons. The van der Waals surface area contributed by atoms with Crippen LogP contribution >= 0.6 is 11.3 Å². The third kappa shape index (κ3) is 5.29. The highest BCUT2D eigenvalue weighted by molar-refractivity contribution is 7.18. The molecular weight excluding hydrogens is 420 g/mol. The molecule has 0 atom stereocenters. The van der Waals surface area contributed by atoms with Crippen LogP contribution in [0, 0.1) is 13.8 Å². The minimum absolute atomic E-state index is 0.0561. The fourth-order valence-electron chi connectivity index (χ4n) is 3.14. The van der Waals surface area contributed by atoms with Crippen LogP contribution in [0.2, 0.25) is 0 Å². The molecule has 9 heteroatoms. The number of carbonyl (C=O) groups is 4. The lowest BCUT2D eigenvalue weighted by molar-refractivity contribution is -0.152. The van der Waals surface area contributed by atoms with Crippen LogP contribution in [0.15, 0.2) is 24.3 Å². The van der Waals surface area contributed by atoms with Crippen molar-refractivity contribution in [2.75, 3.05) is 18.5 Å². The number of thiophene rings is 1. The molecule has 3 N–H and O–H groups in total. The Morgan fingerprint density at radius 1 is 1.10 bits per heavy atom. The number of ether oxygens (including phenoxy) is 2. The molecule has 0 fully saturated rings. The van der Waals surface area contributed by atoms with Crippen molar-refractivity contribution in [3.8, 4) is 0 Å². The first kappa shape index (κ1) is 24.1. The Balaban J connectivity index is 2.15. The lowest BCUT2D eigenvalue weighted by Crippen LogP contribution is -2.34. The first-order valence-corrected chi connectivity index (χ1v) is 10.5. The number of esters is 2. The second-order valence-corrected chi connectivity index (χ2v) is 8.43. The highest BCUT2D eigenvalue weighted by atomic mass is 32.1. The average Bonchev–Trinajstić information content (AvgIpc) is 3.02. The summed E-state index contributed by atoms with van der Waals surface area (Å²) in [6.07, 6.45) is 0. The molecule has 0 saturated carbocycles. The number of anilines is 1. The predicted octanol–water partition coefficient (Wildman–Crippen LogP) is 3.10. The van der Waals surface area contributed by atoms with Crippen LogP contribution in [-0.2, 0) is 24.5 Å². The van der Waals surface area contributed by atoms with Crippen LogP contribution in [-0.4, -0.2) is 37.0 Å². The van der Waals surface area contributed by atoms with E-state index in [4.69, 9.17) is 15.2 Å². The van der Waals surface area contributed by atoms with Crippen molar-refractivity contribution in [3.05, 3.63) is 51.4 Å². The summed E-state index contributed by atoms with van der Waals surface area (Å²) in [6.45, 7) is 8.08. The summed E-state index contributed by atoms with van der Waals surface area (Å²) in [5, 5.41) is 2.63. The third-order valence-corrected chi connectivity index (χ3v) is 5.99. The van der Waals surface area contributed by atoms with Gasteiger partial charge in [0.05, 0.1) is 22.5 Å². The number of nitrogens with one attached hydrogen (secondary N) is 1. The highest BCUT2D eigenvalue weighted by Gasteiger charge is 2.33. The molecule has 0 unspecified atom stereocenters. The van der Waals surface area contributed by atoms with Gasteiger partial charge in [-0.25, -0.2) is 4.79 Å². The minimum atomic E-state index is -0.958. The number of rotatable bonds is 8. The average molecular weight is 447 g/mol. The highest BCUT2D eigenvalue weighted by Crippen LogP contribution is 2.33.